The van der Waals surface area contributed by atoms with Gasteiger partial charge in [0.2, 0.25) is 15.9 Å². The van der Waals surface area contributed by atoms with E-state index in [0.717, 1.165) is 24.8 Å². The van der Waals surface area contributed by atoms with Crippen molar-refractivity contribution in [1.29, 1.82) is 0 Å². The van der Waals surface area contributed by atoms with E-state index in [9.17, 15) is 13.2 Å². The lowest BCUT2D eigenvalue weighted by molar-refractivity contribution is -0.121. The molecule has 1 amide bonds. The van der Waals surface area contributed by atoms with Crippen molar-refractivity contribution in [3.05, 3.63) is 65.7 Å². The predicted molar refractivity (Wildman–Crippen MR) is 115 cm³/mol. The van der Waals surface area contributed by atoms with E-state index >= 15 is 0 Å². The Hall–Kier alpha value is -2.18. The molecule has 1 N–H and O–H groups in total. The van der Waals surface area contributed by atoms with Crippen LogP contribution in [0.15, 0.2) is 59.5 Å². The minimum absolute atomic E-state index is 0.0118. The second-order valence-corrected chi connectivity index (χ2v) is 9.66. The van der Waals surface area contributed by atoms with Crippen LogP contribution in [0.3, 0.4) is 0 Å². The van der Waals surface area contributed by atoms with Crippen LogP contribution in [0.4, 0.5) is 0 Å². The highest BCUT2D eigenvalue weighted by Crippen LogP contribution is 2.21. The van der Waals surface area contributed by atoms with E-state index in [-0.39, 0.29) is 11.8 Å². The van der Waals surface area contributed by atoms with Crippen LogP contribution in [0.25, 0.3) is 0 Å². The van der Waals surface area contributed by atoms with Crippen LogP contribution in [-0.4, -0.2) is 38.3 Å². The Morgan fingerprint density at radius 3 is 2.31 bits per heavy atom. The molecule has 1 fully saturated rings. The van der Waals surface area contributed by atoms with Gasteiger partial charge in [0.15, 0.2) is 0 Å². The molecule has 1 atom stereocenters. The Balaban J connectivity index is 1.48. The summed E-state index contributed by atoms with van der Waals surface area (Å²) in [4.78, 5) is 12.5. The first kappa shape index (κ1) is 21.5. The van der Waals surface area contributed by atoms with Crippen LogP contribution < -0.4 is 5.32 Å². The lowest BCUT2D eigenvalue weighted by Gasteiger charge is -2.25. The van der Waals surface area contributed by atoms with Gasteiger partial charge in [-0.05, 0) is 48.4 Å². The van der Waals surface area contributed by atoms with E-state index in [1.54, 1.807) is 16.4 Å². The van der Waals surface area contributed by atoms with E-state index in [2.05, 4.69) is 24.4 Å². The van der Waals surface area contributed by atoms with Crippen LogP contribution >= 0.6 is 0 Å². The zero-order valence-corrected chi connectivity index (χ0v) is 17.8. The Morgan fingerprint density at radius 2 is 1.66 bits per heavy atom. The minimum atomic E-state index is -3.40. The molecule has 6 heteroatoms. The van der Waals surface area contributed by atoms with Gasteiger partial charge in [-0.15, -0.1) is 0 Å². The van der Waals surface area contributed by atoms with Crippen LogP contribution in [-0.2, 0) is 21.2 Å². The number of hydrogen-bond acceptors (Lipinski definition) is 3. The molecule has 3 rings (SSSR count). The van der Waals surface area contributed by atoms with Crippen molar-refractivity contribution >= 4 is 15.9 Å². The molecule has 1 saturated heterocycles. The van der Waals surface area contributed by atoms with Gasteiger partial charge in [0, 0.05) is 26.1 Å². The van der Waals surface area contributed by atoms with Crippen molar-refractivity contribution in [3.8, 4) is 0 Å². The Labute approximate surface area is 174 Å². The first-order valence-electron chi connectivity index (χ1n) is 10.4. The monoisotopic (exact) mass is 414 g/mol. The number of carbonyl (C=O) groups excluding carboxylic acids is 1. The van der Waals surface area contributed by atoms with Gasteiger partial charge in [0.25, 0.3) is 0 Å². The Morgan fingerprint density at radius 1 is 1.00 bits per heavy atom. The summed E-state index contributed by atoms with van der Waals surface area (Å²) in [6, 6.07) is 17.1. The van der Waals surface area contributed by atoms with Gasteiger partial charge in [-0.2, -0.15) is 4.31 Å². The smallest absolute Gasteiger partial charge is 0.243 e. The molecular formula is C23H30N2O3S. The molecule has 2 aromatic rings. The Bertz CT molecular complexity index is 889. The van der Waals surface area contributed by atoms with Crippen LogP contribution in [0, 0.1) is 0 Å². The van der Waals surface area contributed by atoms with E-state index < -0.39 is 10.0 Å². The minimum Gasteiger partial charge on any atom is -0.355 e. The topological polar surface area (TPSA) is 66.5 Å². The second kappa shape index (κ2) is 10.0. The molecule has 5 nitrogen and oxygen atoms in total. The summed E-state index contributed by atoms with van der Waals surface area (Å²) >= 11 is 0. The number of amides is 1. The summed E-state index contributed by atoms with van der Waals surface area (Å²) in [5.41, 5.74) is 2.17. The van der Waals surface area contributed by atoms with Crippen LogP contribution in [0.2, 0.25) is 0 Å². The summed E-state index contributed by atoms with van der Waals surface area (Å²) in [5.74, 6) is 0.275. The number of rotatable bonds is 8. The van der Waals surface area contributed by atoms with Crippen molar-refractivity contribution in [3.63, 3.8) is 0 Å². The fourth-order valence-corrected chi connectivity index (χ4v) is 5.11. The van der Waals surface area contributed by atoms with Gasteiger partial charge in [0.1, 0.15) is 0 Å². The van der Waals surface area contributed by atoms with Gasteiger partial charge in [-0.3, -0.25) is 4.79 Å². The van der Waals surface area contributed by atoms with Crippen molar-refractivity contribution in [2.45, 2.75) is 49.8 Å². The zero-order chi connectivity index (χ0) is 20.7. The Kier molecular flexibility index (Phi) is 7.45. The van der Waals surface area contributed by atoms with E-state index in [1.165, 1.54) is 5.56 Å². The van der Waals surface area contributed by atoms with E-state index in [1.807, 2.05) is 30.3 Å². The molecule has 1 aliphatic heterocycles. The molecule has 156 valence electrons. The van der Waals surface area contributed by atoms with E-state index in [4.69, 9.17) is 0 Å². The van der Waals surface area contributed by atoms with Crippen molar-refractivity contribution < 1.29 is 13.2 Å². The molecule has 0 aromatic heterocycles. The molecule has 0 spiro atoms. The third-order valence-electron chi connectivity index (χ3n) is 5.49. The van der Waals surface area contributed by atoms with Gasteiger partial charge >= 0.3 is 0 Å². The number of nitrogens with zero attached hydrogens (tertiary/aromatic N) is 1. The average molecular weight is 415 g/mol. The summed E-state index contributed by atoms with van der Waals surface area (Å²) in [6.07, 6.45) is 3.93. The lowest BCUT2D eigenvalue weighted by atomic mass is 10.0. The molecule has 0 saturated carbocycles. The van der Waals surface area contributed by atoms with Gasteiger partial charge < -0.3 is 5.32 Å². The largest absolute Gasteiger partial charge is 0.355 e. The summed E-state index contributed by atoms with van der Waals surface area (Å²) in [7, 11) is -3.40. The van der Waals surface area contributed by atoms with Crippen molar-refractivity contribution in [2.24, 2.45) is 0 Å². The highest BCUT2D eigenvalue weighted by Gasteiger charge is 2.25. The maximum Gasteiger partial charge on any atom is 0.243 e. The number of nitrogens with one attached hydrogen (secondary N) is 1. The molecular weight excluding hydrogens is 384 g/mol. The maximum atomic E-state index is 12.7. The molecule has 0 unspecified atom stereocenters. The molecule has 0 radical (unpaired) electrons. The lowest BCUT2D eigenvalue weighted by Crippen LogP contribution is -2.35. The number of aryl methyl sites for hydroxylation is 1. The number of hydrogen-bond donors (Lipinski definition) is 1. The van der Waals surface area contributed by atoms with Crippen LogP contribution in [0.5, 0.6) is 0 Å². The molecule has 2 aromatic carbocycles. The molecule has 29 heavy (non-hydrogen) atoms. The molecule has 0 aliphatic carbocycles. The third kappa shape index (κ3) is 5.90. The van der Waals surface area contributed by atoms with Crippen LogP contribution in [0.1, 0.15) is 49.7 Å². The first-order chi connectivity index (χ1) is 14.0. The third-order valence-corrected chi connectivity index (χ3v) is 7.40. The fourth-order valence-electron chi connectivity index (χ4n) is 3.60. The highest BCUT2D eigenvalue weighted by molar-refractivity contribution is 7.89. The molecule has 1 heterocycles. The first-order valence-corrected chi connectivity index (χ1v) is 11.8. The molecule has 0 bridgehead atoms. The number of benzene rings is 2. The number of carbonyl (C=O) groups is 1. The summed E-state index contributed by atoms with van der Waals surface area (Å²) < 4.78 is 27.0. The molecule has 1 aliphatic rings. The van der Waals surface area contributed by atoms with Crippen molar-refractivity contribution in [1.82, 2.24) is 9.62 Å². The maximum absolute atomic E-state index is 12.7. The number of sulfonamides is 1. The second-order valence-electron chi connectivity index (χ2n) is 7.72. The number of piperidine rings is 1. The van der Waals surface area contributed by atoms with Gasteiger partial charge in [-0.1, -0.05) is 55.8 Å². The van der Waals surface area contributed by atoms with Gasteiger partial charge in [0.05, 0.1) is 4.90 Å². The van der Waals surface area contributed by atoms with Gasteiger partial charge in [-0.25, -0.2) is 8.42 Å². The highest BCUT2D eigenvalue weighted by atomic mass is 32.2. The summed E-state index contributed by atoms with van der Waals surface area (Å²) in [5, 5.41) is 2.99. The fraction of sp³-hybridized carbons (Fsp3) is 0.435. The quantitative estimate of drug-likeness (QED) is 0.716. The van der Waals surface area contributed by atoms with E-state index in [0.29, 0.717) is 37.4 Å². The van der Waals surface area contributed by atoms with Crippen molar-refractivity contribution in [2.75, 3.05) is 19.6 Å². The predicted octanol–water partition coefficient (Wildman–Crippen LogP) is 3.71. The standard InChI is InChI=1S/C23H30N2O3S/c1-19(21-8-4-2-5-9-21)18-24-23(26)15-12-20-10-13-22(14-11-20)29(27,28)25-16-6-3-7-17-25/h2,4-5,8-11,13-14,19H,3,6-7,12,15-18H2,1H3,(H,24,26)/t19-/m1/s1. The average Bonchev–Trinajstić information content (AvgIpc) is 2.77. The zero-order valence-electron chi connectivity index (χ0n) is 17.0. The SMILES string of the molecule is C[C@H](CNC(=O)CCc1ccc(S(=O)(=O)N2CCCCC2)cc1)c1ccccc1. The summed E-state index contributed by atoms with van der Waals surface area (Å²) in [6.45, 7) is 3.91. The normalized spacial score (nSPS) is 16.3.